The van der Waals surface area contributed by atoms with Gasteiger partial charge in [0, 0.05) is 0 Å². The molecule has 0 rings (SSSR count). The molecule has 0 saturated heterocycles. The Kier molecular flexibility index (Phi) is 13.3. The van der Waals surface area contributed by atoms with E-state index in [2.05, 4.69) is 20.4 Å². The van der Waals surface area contributed by atoms with Gasteiger partial charge in [0.25, 0.3) is 0 Å². The molecule has 6 nitrogen and oxygen atoms in total. The van der Waals surface area contributed by atoms with Crippen molar-refractivity contribution in [3.05, 3.63) is 0 Å². The van der Waals surface area contributed by atoms with Crippen molar-refractivity contribution in [2.75, 3.05) is 13.2 Å². The number of hydrogen-bond acceptors (Lipinski definition) is 8. The molecule has 0 spiro atoms. The molecule has 0 atom stereocenters. The molecule has 0 aromatic rings. The molecule has 19 heavy (non-hydrogen) atoms. The van der Waals surface area contributed by atoms with Crippen molar-refractivity contribution in [2.45, 2.75) is 27.7 Å². The molecule has 111 valence electrons. The molecule has 0 fully saturated rings. The Hall–Kier alpha value is -0.761. The Morgan fingerprint density at radius 1 is 0.789 bits per heavy atom. The van der Waals surface area contributed by atoms with Gasteiger partial charge in [-0.05, 0) is 27.7 Å². The minimum absolute atomic E-state index is 0. The summed E-state index contributed by atoms with van der Waals surface area (Å²) in [5.74, 6) is 0. The smallest absolute Gasteiger partial charge is 0.720 e. The minimum Gasteiger partial charge on any atom is -0.720 e. The topological polar surface area (TPSA) is 67.9 Å². The van der Waals surface area contributed by atoms with E-state index in [0.29, 0.717) is 24.6 Å². The SMILES string of the molecule is CCO/C([S-])=N/N=C(C)/C(C)=N/N=C(\[S-])OCC.[Cu+2]. The zero-order chi connectivity index (χ0) is 14.0. The summed E-state index contributed by atoms with van der Waals surface area (Å²) in [5, 5.41) is 15.3. The molecular weight excluding hydrogens is 336 g/mol. The molecule has 0 saturated carbocycles. The van der Waals surface area contributed by atoms with E-state index in [4.69, 9.17) is 34.7 Å². The van der Waals surface area contributed by atoms with E-state index in [0.717, 1.165) is 0 Å². The van der Waals surface area contributed by atoms with Gasteiger partial charge < -0.3 is 34.7 Å². The summed E-state index contributed by atoms with van der Waals surface area (Å²) in [6.07, 6.45) is 0. The summed E-state index contributed by atoms with van der Waals surface area (Å²) in [4.78, 5) is 0. The fourth-order valence-electron chi connectivity index (χ4n) is 0.681. The summed E-state index contributed by atoms with van der Waals surface area (Å²) >= 11 is 9.60. The normalized spacial score (nSPS) is 13.9. The van der Waals surface area contributed by atoms with Gasteiger partial charge in [-0.1, -0.05) is 0 Å². The Balaban J connectivity index is 0. The van der Waals surface area contributed by atoms with Gasteiger partial charge in [-0.25, -0.2) is 0 Å². The number of hydrogen-bond donors (Lipinski definition) is 0. The summed E-state index contributed by atoms with van der Waals surface area (Å²) in [7, 11) is 0. The van der Waals surface area contributed by atoms with Crippen molar-refractivity contribution in [3.63, 3.8) is 0 Å². The molecule has 9 heteroatoms. The van der Waals surface area contributed by atoms with E-state index in [-0.39, 0.29) is 27.5 Å². The zero-order valence-electron chi connectivity index (χ0n) is 11.1. The van der Waals surface area contributed by atoms with Gasteiger partial charge in [0.15, 0.2) is 0 Å². The van der Waals surface area contributed by atoms with E-state index >= 15 is 0 Å². The monoisotopic (exact) mass is 351 g/mol. The largest absolute Gasteiger partial charge is 2.00 e. The van der Waals surface area contributed by atoms with Crippen LogP contribution in [0.4, 0.5) is 0 Å². The van der Waals surface area contributed by atoms with Gasteiger partial charge in [0.1, 0.15) is 0 Å². The average Bonchev–Trinajstić information content (AvgIpc) is 2.33. The quantitative estimate of drug-likeness (QED) is 0.248. The van der Waals surface area contributed by atoms with Crippen LogP contribution in [0.1, 0.15) is 27.7 Å². The molecule has 0 amide bonds. The third kappa shape index (κ3) is 10.8. The van der Waals surface area contributed by atoms with Crippen LogP contribution in [-0.2, 0) is 51.8 Å². The van der Waals surface area contributed by atoms with Gasteiger partial charge in [-0.15, -0.1) is 10.2 Å². The van der Waals surface area contributed by atoms with Gasteiger partial charge in [0.2, 0.25) is 0 Å². The predicted octanol–water partition coefficient (Wildman–Crippen LogP) is 1.61. The fraction of sp³-hybridized carbons (Fsp3) is 0.600. The molecule has 0 bridgehead atoms. The molecule has 0 N–H and O–H groups in total. The van der Waals surface area contributed by atoms with Crippen LogP contribution in [0, 0.1) is 0 Å². The third-order valence-electron chi connectivity index (χ3n) is 1.62. The number of nitrogens with zero attached hydrogens (tertiary/aromatic N) is 4. The Labute approximate surface area is 135 Å². The average molecular weight is 352 g/mol. The summed E-state index contributed by atoms with van der Waals surface area (Å²) in [5.41, 5.74) is 1.14. The van der Waals surface area contributed by atoms with E-state index in [9.17, 15) is 0 Å². The Bertz CT molecular complexity index is 348. The van der Waals surface area contributed by atoms with E-state index in [1.807, 2.05) is 13.8 Å². The minimum atomic E-state index is 0. The fourth-order valence-corrected chi connectivity index (χ4v) is 0.998. The second-order valence-electron chi connectivity index (χ2n) is 2.97. The molecular formula is C10H16CuN4O2S2. The maximum Gasteiger partial charge on any atom is 2.00 e. The second-order valence-corrected chi connectivity index (χ2v) is 3.67. The first kappa shape index (κ1) is 20.6. The van der Waals surface area contributed by atoms with Crippen molar-refractivity contribution in [2.24, 2.45) is 20.4 Å². The van der Waals surface area contributed by atoms with Crippen molar-refractivity contribution >= 4 is 47.1 Å². The molecule has 0 aliphatic heterocycles. The first-order chi connectivity index (χ1) is 8.51. The van der Waals surface area contributed by atoms with E-state index < -0.39 is 0 Å². The van der Waals surface area contributed by atoms with Crippen LogP contribution >= 0.6 is 0 Å². The van der Waals surface area contributed by atoms with Gasteiger partial charge in [0.05, 0.1) is 35.1 Å². The van der Waals surface area contributed by atoms with E-state index in [1.165, 1.54) is 0 Å². The first-order valence-corrected chi connectivity index (χ1v) is 6.17. The van der Waals surface area contributed by atoms with Crippen LogP contribution in [0.25, 0.3) is 0 Å². The van der Waals surface area contributed by atoms with Crippen LogP contribution in [0.15, 0.2) is 20.4 Å². The van der Waals surface area contributed by atoms with Crippen LogP contribution in [0.2, 0.25) is 0 Å². The van der Waals surface area contributed by atoms with E-state index in [1.54, 1.807) is 13.8 Å². The maximum absolute atomic E-state index is 4.96. The van der Waals surface area contributed by atoms with Crippen molar-refractivity contribution in [1.29, 1.82) is 0 Å². The predicted molar refractivity (Wildman–Crippen MR) is 79.1 cm³/mol. The van der Waals surface area contributed by atoms with Gasteiger partial charge >= 0.3 is 17.1 Å². The summed E-state index contributed by atoms with van der Waals surface area (Å²) in [6, 6.07) is 0. The van der Waals surface area contributed by atoms with Crippen LogP contribution in [-0.4, -0.2) is 35.1 Å². The standard InChI is InChI=1S/C10H18N4O2S2.Cu/c1-5-15-9(17)13-11-7(3)8(4)12-14-10(18)16-6-2;/h5-6H2,1-4H3,(H,13,17)(H,14,18);/q;+2/p-2/b11-7+,12-8+;. The van der Waals surface area contributed by atoms with Crippen LogP contribution in [0.3, 0.4) is 0 Å². The first-order valence-electron chi connectivity index (χ1n) is 5.35. The van der Waals surface area contributed by atoms with Crippen LogP contribution in [0.5, 0.6) is 0 Å². The molecule has 0 unspecified atom stereocenters. The van der Waals surface area contributed by atoms with Gasteiger partial charge in [-0.3, -0.25) is 0 Å². The number of rotatable bonds is 5. The molecule has 0 aromatic carbocycles. The second kappa shape index (κ2) is 12.3. The maximum atomic E-state index is 4.96. The summed E-state index contributed by atoms with van der Waals surface area (Å²) in [6.45, 7) is 8.02. The third-order valence-corrected chi connectivity index (χ3v) is 2.02. The van der Waals surface area contributed by atoms with Crippen molar-refractivity contribution in [1.82, 2.24) is 0 Å². The molecule has 0 heterocycles. The Morgan fingerprint density at radius 2 is 1.11 bits per heavy atom. The van der Waals surface area contributed by atoms with Gasteiger partial charge in [-0.2, -0.15) is 10.2 Å². The molecule has 1 radical (unpaired) electrons. The zero-order valence-corrected chi connectivity index (χ0v) is 13.7. The number of ether oxygens (including phenoxy) is 2. The molecule has 0 aliphatic carbocycles. The van der Waals surface area contributed by atoms with Crippen molar-refractivity contribution < 1.29 is 26.5 Å². The Morgan fingerprint density at radius 3 is 1.37 bits per heavy atom. The molecule has 0 aliphatic rings. The van der Waals surface area contributed by atoms with Crippen molar-refractivity contribution in [3.8, 4) is 0 Å². The summed E-state index contributed by atoms with van der Waals surface area (Å²) < 4.78 is 9.91. The molecule has 0 aromatic heterocycles. The van der Waals surface area contributed by atoms with Crippen LogP contribution < -0.4 is 0 Å².